The van der Waals surface area contributed by atoms with Crippen molar-refractivity contribution in [2.24, 2.45) is 5.73 Å². The van der Waals surface area contributed by atoms with E-state index < -0.39 is 35.6 Å². The smallest absolute Gasteiger partial charge is 0.408 e. The third kappa shape index (κ3) is 13.0. The third-order valence-corrected chi connectivity index (χ3v) is 6.30. The second-order valence-corrected chi connectivity index (χ2v) is 10.9. The highest BCUT2D eigenvalue weighted by molar-refractivity contribution is 5.92. The van der Waals surface area contributed by atoms with E-state index in [2.05, 4.69) is 31.4 Å². The molecule has 0 spiro atoms. The van der Waals surface area contributed by atoms with Crippen molar-refractivity contribution in [3.63, 3.8) is 0 Å². The number of primary amides is 1. The maximum atomic E-state index is 14.1. The molecular weight excluding hydrogens is 496 g/mol. The van der Waals surface area contributed by atoms with Gasteiger partial charge in [-0.05, 0) is 57.6 Å². The normalized spacial score (nSPS) is 12.8. The van der Waals surface area contributed by atoms with Crippen LogP contribution in [-0.4, -0.2) is 53.4 Å². The number of nitrogens with two attached hydrogens (primary N) is 1. The number of carbonyl (C=O) groups is 4. The van der Waals surface area contributed by atoms with Gasteiger partial charge in [0.15, 0.2) is 0 Å². The number of hydrogen-bond donors (Lipinski definition) is 3. The Morgan fingerprint density at radius 3 is 2.10 bits per heavy atom. The summed E-state index contributed by atoms with van der Waals surface area (Å²) in [6.45, 7) is 12.2. The summed E-state index contributed by atoms with van der Waals surface area (Å²) in [4.78, 5) is 53.5. The Labute approximate surface area is 234 Å². The molecule has 0 heterocycles. The molecule has 9 nitrogen and oxygen atoms in total. The van der Waals surface area contributed by atoms with E-state index in [9.17, 15) is 19.2 Å². The SMILES string of the molecule is CCCCCNC(=O)C(c1ccc(CC)cc1)N(CCCCC)C(=O)C(CCC(N)=O)NC(=O)OC(C)(C)C. The Bertz CT molecular complexity index is 911. The van der Waals surface area contributed by atoms with Gasteiger partial charge in [0.25, 0.3) is 0 Å². The molecule has 0 aliphatic rings. The maximum absolute atomic E-state index is 14.1. The number of unbranched alkanes of at least 4 members (excludes halogenated alkanes) is 4. The van der Waals surface area contributed by atoms with Gasteiger partial charge >= 0.3 is 6.09 Å². The van der Waals surface area contributed by atoms with E-state index in [1.165, 1.54) is 4.90 Å². The zero-order chi connectivity index (χ0) is 29.4. The van der Waals surface area contributed by atoms with Crippen molar-refractivity contribution < 1.29 is 23.9 Å². The number of aryl methyl sites for hydroxylation is 1. The lowest BCUT2D eigenvalue weighted by Gasteiger charge is -2.34. The first-order valence-corrected chi connectivity index (χ1v) is 14.4. The number of nitrogens with zero attached hydrogens (tertiary/aromatic N) is 1. The number of amides is 4. The van der Waals surface area contributed by atoms with Gasteiger partial charge in [-0.25, -0.2) is 4.79 Å². The van der Waals surface area contributed by atoms with Crippen molar-refractivity contribution in [2.45, 2.75) is 117 Å². The van der Waals surface area contributed by atoms with Crippen LogP contribution in [-0.2, 0) is 25.5 Å². The molecule has 1 rings (SSSR count). The van der Waals surface area contributed by atoms with Gasteiger partial charge in [0.1, 0.15) is 17.7 Å². The fourth-order valence-corrected chi connectivity index (χ4v) is 4.18. The highest BCUT2D eigenvalue weighted by Crippen LogP contribution is 2.25. The van der Waals surface area contributed by atoms with E-state index in [4.69, 9.17) is 10.5 Å². The number of ether oxygens (including phenoxy) is 1. The predicted octanol–water partition coefficient (Wildman–Crippen LogP) is 4.77. The fourth-order valence-electron chi connectivity index (χ4n) is 4.18. The Hall–Kier alpha value is -3.10. The van der Waals surface area contributed by atoms with E-state index in [1.54, 1.807) is 20.8 Å². The van der Waals surface area contributed by atoms with Crippen LogP contribution in [0.4, 0.5) is 4.79 Å². The molecule has 4 amide bonds. The lowest BCUT2D eigenvalue weighted by molar-refractivity contribution is -0.142. The van der Waals surface area contributed by atoms with Crippen LogP contribution >= 0.6 is 0 Å². The summed E-state index contributed by atoms with van der Waals surface area (Å²) in [5.41, 5.74) is 6.42. The average molecular weight is 547 g/mol. The highest BCUT2D eigenvalue weighted by Gasteiger charge is 2.36. The number of rotatable bonds is 17. The van der Waals surface area contributed by atoms with Crippen molar-refractivity contribution in [3.05, 3.63) is 35.4 Å². The molecule has 0 aliphatic carbocycles. The molecule has 0 bridgehead atoms. The van der Waals surface area contributed by atoms with Crippen LogP contribution in [0.25, 0.3) is 0 Å². The van der Waals surface area contributed by atoms with Crippen LogP contribution in [0.5, 0.6) is 0 Å². The van der Waals surface area contributed by atoms with Crippen molar-refractivity contribution in [3.8, 4) is 0 Å². The monoisotopic (exact) mass is 546 g/mol. The molecule has 0 saturated heterocycles. The van der Waals surface area contributed by atoms with Crippen molar-refractivity contribution in [2.75, 3.05) is 13.1 Å². The first-order chi connectivity index (χ1) is 18.4. The first-order valence-electron chi connectivity index (χ1n) is 14.4. The second kappa shape index (κ2) is 17.5. The molecule has 9 heteroatoms. The van der Waals surface area contributed by atoms with Crippen LogP contribution in [0.1, 0.15) is 110 Å². The van der Waals surface area contributed by atoms with Gasteiger partial charge in [0.05, 0.1) is 0 Å². The minimum absolute atomic E-state index is 0.00268. The maximum Gasteiger partial charge on any atom is 0.408 e. The summed E-state index contributed by atoms with van der Waals surface area (Å²) in [5.74, 6) is -1.31. The molecular formula is C30H50N4O5. The van der Waals surface area contributed by atoms with Crippen molar-refractivity contribution >= 4 is 23.8 Å². The summed E-state index contributed by atoms with van der Waals surface area (Å²) < 4.78 is 5.38. The zero-order valence-corrected chi connectivity index (χ0v) is 24.8. The average Bonchev–Trinajstić information content (AvgIpc) is 2.87. The second-order valence-electron chi connectivity index (χ2n) is 10.9. The van der Waals surface area contributed by atoms with Crippen LogP contribution in [0.15, 0.2) is 24.3 Å². The standard InChI is InChI=1S/C30H50N4O5/c1-7-10-12-20-32-27(36)26(23-16-14-22(9-3)15-17-23)34(21-13-11-8-2)28(37)24(18-19-25(31)35)33-29(38)39-30(4,5)6/h14-17,24,26H,7-13,18-21H2,1-6H3,(H2,31,35)(H,32,36)(H,33,38). The molecule has 39 heavy (non-hydrogen) atoms. The van der Waals surface area contributed by atoms with E-state index in [-0.39, 0.29) is 18.7 Å². The number of nitrogens with one attached hydrogen (secondary N) is 2. The van der Waals surface area contributed by atoms with Crippen molar-refractivity contribution in [1.29, 1.82) is 0 Å². The molecule has 0 radical (unpaired) electrons. The van der Waals surface area contributed by atoms with Gasteiger partial charge in [0, 0.05) is 19.5 Å². The molecule has 0 aromatic heterocycles. The molecule has 220 valence electrons. The zero-order valence-electron chi connectivity index (χ0n) is 24.8. The van der Waals surface area contributed by atoms with Gasteiger partial charge in [-0.15, -0.1) is 0 Å². The Morgan fingerprint density at radius 2 is 1.56 bits per heavy atom. The van der Waals surface area contributed by atoms with Crippen LogP contribution in [0.2, 0.25) is 0 Å². The van der Waals surface area contributed by atoms with Gasteiger partial charge in [0.2, 0.25) is 17.7 Å². The van der Waals surface area contributed by atoms with E-state index in [0.29, 0.717) is 25.1 Å². The number of alkyl carbamates (subject to hydrolysis) is 1. The minimum atomic E-state index is -1.08. The van der Waals surface area contributed by atoms with Crippen LogP contribution in [0.3, 0.4) is 0 Å². The van der Waals surface area contributed by atoms with Gasteiger partial charge < -0.3 is 26.0 Å². The Kier molecular flexibility index (Phi) is 15.2. The quantitative estimate of drug-likeness (QED) is 0.242. The number of carbonyl (C=O) groups excluding carboxylic acids is 4. The highest BCUT2D eigenvalue weighted by atomic mass is 16.6. The lowest BCUT2D eigenvalue weighted by Crippen LogP contribution is -2.53. The molecule has 2 unspecified atom stereocenters. The summed E-state index contributed by atoms with van der Waals surface area (Å²) in [7, 11) is 0. The van der Waals surface area contributed by atoms with Crippen LogP contribution in [0, 0.1) is 0 Å². The molecule has 0 aliphatic heterocycles. The third-order valence-electron chi connectivity index (χ3n) is 6.30. The Balaban J connectivity index is 3.45. The van der Waals surface area contributed by atoms with E-state index in [0.717, 1.165) is 44.1 Å². The molecule has 0 saturated carbocycles. The van der Waals surface area contributed by atoms with Crippen LogP contribution < -0.4 is 16.4 Å². The minimum Gasteiger partial charge on any atom is -0.444 e. The fraction of sp³-hybridized carbons (Fsp3) is 0.667. The number of hydrogen-bond acceptors (Lipinski definition) is 5. The largest absolute Gasteiger partial charge is 0.444 e. The first kappa shape index (κ1) is 33.9. The topological polar surface area (TPSA) is 131 Å². The molecule has 0 fully saturated rings. The molecule has 4 N–H and O–H groups in total. The van der Waals surface area contributed by atoms with Gasteiger partial charge in [-0.2, -0.15) is 0 Å². The van der Waals surface area contributed by atoms with E-state index in [1.807, 2.05) is 24.3 Å². The molecule has 1 aromatic rings. The summed E-state index contributed by atoms with van der Waals surface area (Å²) >= 11 is 0. The molecule has 2 atom stereocenters. The Morgan fingerprint density at radius 1 is 0.949 bits per heavy atom. The van der Waals surface area contributed by atoms with Gasteiger partial charge in [-0.3, -0.25) is 14.4 Å². The summed E-state index contributed by atoms with van der Waals surface area (Å²) in [5, 5.41) is 5.64. The van der Waals surface area contributed by atoms with Gasteiger partial charge in [-0.1, -0.05) is 70.7 Å². The summed E-state index contributed by atoms with van der Waals surface area (Å²) in [6, 6.07) is 5.72. The lowest BCUT2D eigenvalue weighted by atomic mass is 9.99. The number of benzene rings is 1. The molecule has 1 aromatic carbocycles. The van der Waals surface area contributed by atoms with E-state index >= 15 is 0 Å². The summed E-state index contributed by atoms with van der Waals surface area (Å²) in [6.07, 6.45) is 5.32. The van der Waals surface area contributed by atoms with Crippen molar-refractivity contribution in [1.82, 2.24) is 15.5 Å². The predicted molar refractivity (Wildman–Crippen MR) is 154 cm³/mol.